The van der Waals surface area contributed by atoms with Crippen molar-refractivity contribution in [2.75, 3.05) is 48.8 Å². The smallest absolute Gasteiger partial charge is 0.225 e. The number of hydrogen-bond donors (Lipinski definition) is 0. The van der Waals surface area contributed by atoms with Crippen molar-refractivity contribution in [1.29, 1.82) is 0 Å². The first-order valence-electron chi connectivity index (χ1n) is 8.37. The summed E-state index contributed by atoms with van der Waals surface area (Å²) in [4.78, 5) is 17.2. The fourth-order valence-electron chi connectivity index (χ4n) is 3.33. The Morgan fingerprint density at radius 1 is 1.04 bits per heavy atom. The average Bonchev–Trinajstić information content (AvgIpc) is 2.61. The SMILES string of the molecule is CS(=O)(=O)c1ccc(N2CCC(C(=O)N3CCSCC3)CC2)cc1. The van der Waals surface area contributed by atoms with Crippen molar-refractivity contribution in [2.24, 2.45) is 5.92 Å². The van der Waals surface area contributed by atoms with E-state index < -0.39 is 9.84 Å². The van der Waals surface area contributed by atoms with E-state index in [0.29, 0.717) is 10.8 Å². The molecule has 0 bridgehead atoms. The molecule has 2 fully saturated rings. The second kappa shape index (κ2) is 7.35. The minimum atomic E-state index is -3.15. The molecule has 0 aromatic heterocycles. The molecule has 132 valence electrons. The average molecular weight is 369 g/mol. The van der Waals surface area contributed by atoms with Crippen LogP contribution in [0.15, 0.2) is 29.2 Å². The molecule has 0 N–H and O–H groups in total. The molecule has 0 unspecified atom stereocenters. The normalized spacial score (nSPS) is 20.2. The number of rotatable bonds is 3. The number of sulfone groups is 1. The Morgan fingerprint density at radius 3 is 2.17 bits per heavy atom. The highest BCUT2D eigenvalue weighted by Gasteiger charge is 2.29. The lowest BCUT2D eigenvalue weighted by atomic mass is 9.95. The Hall–Kier alpha value is -1.21. The van der Waals surface area contributed by atoms with Gasteiger partial charge < -0.3 is 9.80 Å². The molecule has 1 amide bonds. The molecule has 2 saturated heterocycles. The molecule has 1 aromatic rings. The van der Waals surface area contributed by atoms with E-state index in [-0.39, 0.29) is 5.92 Å². The number of piperidine rings is 1. The molecule has 2 aliphatic rings. The number of hydrogen-bond acceptors (Lipinski definition) is 5. The second-order valence-electron chi connectivity index (χ2n) is 6.47. The number of anilines is 1. The van der Waals surface area contributed by atoms with Gasteiger partial charge in [0.15, 0.2) is 9.84 Å². The Balaban J connectivity index is 1.57. The summed E-state index contributed by atoms with van der Waals surface area (Å²) in [5.74, 6) is 2.57. The predicted molar refractivity (Wildman–Crippen MR) is 98.4 cm³/mol. The van der Waals surface area contributed by atoms with Gasteiger partial charge in [-0.05, 0) is 37.1 Å². The number of nitrogens with zero attached hydrogens (tertiary/aromatic N) is 2. The highest BCUT2D eigenvalue weighted by Crippen LogP contribution is 2.26. The van der Waals surface area contributed by atoms with Crippen molar-refractivity contribution in [1.82, 2.24) is 4.90 Å². The standard InChI is InChI=1S/C17H24N2O3S2/c1-24(21,22)16-4-2-15(3-5-16)18-8-6-14(7-9-18)17(20)19-10-12-23-13-11-19/h2-5,14H,6-13H2,1H3. The number of carbonyl (C=O) groups is 1. The summed E-state index contributed by atoms with van der Waals surface area (Å²) in [5, 5.41) is 0. The monoisotopic (exact) mass is 368 g/mol. The minimum absolute atomic E-state index is 0.139. The zero-order valence-corrected chi connectivity index (χ0v) is 15.6. The van der Waals surface area contributed by atoms with Gasteiger partial charge in [0.05, 0.1) is 4.90 Å². The van der Waals surface area contributed by atoms with Crippen LogP contribution >= 0.6 is 11.8 Å². The maximum Gasteiger partial charge on any atom is 0.225 e. The minimum Gasteiger partial charge on any atom is -0.371 e. The van der Waals surface area contributed by atoms with Gasteiger partial charge >= 0.3 is 0 Å². The van der Waals surface area contributed by atoms with Gasteiger partial charge in [0.25, 0.3) is 0 Å². The number of benzene rings is 1. The van der Waals surface area contributed by atoms with Crippen LogP contribution < -0.4 is 4.90 Å². The van der Waals surface area contributed by atoms with Gasteiger partial charge in [-0.3, -0.25) is 4.79 Å². The van der Waals surface area contributed by atoms with Gasteiger partial charge in [0.1, 0.15) is 0 Å². The van der Waals surface area contributed by atoms with Gasteiger partial charge in [-0.15, -0.1) is 0 Å². The van der Waals surface area contributed by atoms with Crippen molar-refractivity contribution in [3.63, 3.8) is 0 Å². The third-order valence-electron chi connectivity index (χ3n) is 4.80. The van der Waals surface area contributed by atoms with Gasteiger partial charge in [0.2, 0.25) is 5.91 Å². The van der Waals surface area contributed by atoms with E-state index in [9.17, 15) is 13.2 Å². The van der Waals surface area contributed by atoms with Crippen LogP contribution in [-0.2, 0) is 14.6 Å². The van der Waals surface area contributed by atoms with E-state index in [1.807, 2.05) is 28.8 Å². The molecular formula is C17H24N2O3S2. The third-order valence-corrected chi connectivity index (χ3v) is 6.87. The van der Waals surface area contributed by atoms with Crippen molar-refractivity contribution < 1.29 is 13.2 Å². The lowest BCUT2D eigenvalue weighted by Gasteiger charge is -2.36. The molecule has 0 atom stereocenters. The first kappa shape index (κ1) is 17.6. The largest absolute Gasteiger partial charge is 0.371 e. The summed E-state index contributed by atoms with van der Waals surface area (Å²) in [6.07, 6.45) is 2.96. The van der Waals surface area contributed by atoms with Crippen molar-refractivity contribution in [3.8, 4) is 0 Å². The van der Waals surface area contributed by atoms with Gasteiger partial charge in [-0.25, -0.2) is 8.42 Å². The molecule has 0 saturated carbocycles. The second-order valence-corrected chi connectivity index (χ2v) is 9.71. The van der Waals surface area contributed by atoms with Crippen LogP contribution in [0.5, 0.6) is 0 Å². The van der Waals surface area contributed by atoms with Crippen LogP contribution in [0, 0.1) is 5.92 Å². The topological polar surface area (TPSA) is 57.7 Å². The van der Waals surface area contributed by atoms with Gasteiger partial charge in [0, 0.05) is 55.5 Å². The lowest BCUT2D eigenvalue weighted by Crippen LogP contribution is -2.45. The number of carbonyl (C=O) groups excluding carboxylic acids is 1. The van der Waals surface area contributed by atoms with Crippen LogP contribution in [0.25, 0.3) is 0 Å². The maximum atomic E-state index is 12.6. The first-order chi connectivity index (χ1) is 11.4. The molecule has 0 spiro atoms. The summed E-state index contributed by atoms with van der Waals surface area (Å²) in [5.41, 5.74) is 1.03. The first-order valence-corrected chi connectivity index (χ1v) is 11.4. The summed E-state index contributed by atoms with van der Waals surface area (Å²) >= 11 is 1.92. The van der Waals surface area contributed by atoms with Crippen LogP contribution in [0.1, 0.15) is 12.8 Å². The molecule has 2 aliphatic heterocycles. The molecule has 7 heteroatoms. The highest BCUT2D eigenvalue weighted by atomic mass is 32.2. The van der Waals surface area contributed by atoms with Gasteiger partial charge in [-0.1, -0.05) is 0 Å². The Morgan fingerprint density at radius 2 is 1.62 bits per heavy atom. The molecule has 0 radical (unpaired) electrons. The quantitative estimate of drug-likeness (QED) is 0.815. The zero-order chi connectivity index (χ0) is 17.2. The fraction of sp³-hybridized carbons (Fsp3) is 0.588. The van der Waals surface area contributed by atoms with E-state index in [1.165, 1.54) is 6.26 Å². The fourth-order valence-corrected chi connectivity index (χ4v) is 4.86. The van der Waals surface area contributed by atoms with E-state index in [4.69, 9.17) is 0 Å². The van der Waals surface area contributed by atoms with Crippen molar-refractivity contribution >= 4 is 33.2 Å². The maximum absolute atomic E-state index is 12.6. The highest BCUT2D eigenvalue weighted by molar-refractivity contribution is 7.99. The van der Waals surface area contributed by atoms with Crippen LogP contribution in [0.2, 0.25) is 0 Å². The Kier molecular flexibility index (Phi) is 5.39. The summed E-state index contributed by atoms with van der Waals surface area (Å²) in [6, 6.07) is 7.04. The summed E-state index contributed by atoms with van der Waals surface area (Å²) in [6.45, 7) is 3.46. The molecule has 0 aliphatic carbocycles. The zero-order valence-electron chi connectivity index (χ0n) is 14.0. The lowest BCUT2D eigenvalue weighted by molar-refractivity contribution is -0.135. The van der Waals surface area contributed by atoms with Crippen LogP contribution in [0.3, 0.4) is 0 Å². The molecule has 24 heavy (non-hydrogen) atoms. The van der Waals surface area contributed by atoms with E-state index in [0.717, 1.165) is 56.2 Å². The van der Waals surface area contributed by atoms with E-state index in [2.05, 4.69) is 4.90 Å². The van der Waals surface area contributed by atoms with E-state index in [1.54, 1.807) is 12.1 Å². The van der Waals surface area contributed by atoms with Crippen molar-refractivity contribution in [2.45, 2.75) is 17.7 Å². The molecule has 5 nitrogen and oxygen atoms in total. The third kappa shape index (κ3) is 4.06. The molecular weight excluding hydrogens is 344 g/mol. The summed E-state index contributed by atoms with van der Waals surface area (Å²) < 4.78 is 23.1. The van der Waals surface area contributed by atoms with Crippen LogP contribution in [0.4, 0.5) is 5.69 Å². The van der Waals surface area contributed by atoms with Crippen LogP contribution in [-0.4, -0.2) is 63.2 Å². The predicted octanol–water partition coefficient (Wildman–Crippen LogP) is 1.88. The van der Waals surface area contributed by atoms with E-state index >= 15 is 0 Å². The molecule has 1 aromatic carbocycles. The van der Waals surface area contributed by atoms with Gasteiger partial charge in [-0.2, -0.15) is 11.8 Å². The van der Waals surface area contributed by atoms with Crippen molar-refractivity contribution in [3.05, 3.63) is 24.3 Å². The Labute approximate surface area is 148 Å². The summed E-state index contributed by atoms with van der Waals surface area (Å²) in [7, 11) is -3.15. The Bertz CT molecular complexity index is 674. The number of amides is 1. The number of thioether (sulfide) groups is 1. The molecule has 3 rings (SSSR count). The molecule has 2 heterocycles.